The van der Waals surface area contributed by atoms with Crippen LogP contribution in [0, 0.1) is 0 Å². The van der Waals surface area contributed by atoms with Gasteiger partial charge in [0.2, 0.25) is 0 Å². The second-order valence-corrected chi connectivity index (χ2v) is 9.32. The van der Waals surface area contributed by atoms with E-state index in [1.807, 2.05) is 17.5 Å². The number of hydrogen-bond donors (Lipinski definition) is 1. The lowest BCUT2D eigenvalue weighted by Crippen LogP contribution is -2.13. The highest BCUT2D eigenvalue weighted by Gasteiger charge is 2.19. The molecule has 0 aliphatic carbocycles. The van der Waals surface area contributed by atoms with E-state index in [2.05, 4.69) is 31.1 Å². The Labute approximate surface area is 164 Å². The molecular weight excluding hydrogens is 395 g/mol. The zero-order valence-electron chi connectivity index (χ0n) is 13.9. The maximum atomic E-state index is 12.5. The molecule has 0 spiro atoms. The number of rotatable bonds is 3. The topological polar surface area (TPSA) is 42.0 Å². The van der Waals surface area contributed by atoms with Crippen molar-refractivity contribution in [1.29, 1.82) is 0 Å². The van der Waals surface area contributed by atoms with Gasteiger partial charge in [0.1, 0.15) is 0 Å². The number of hydrogen-bond acceptors (Lipinski definition) is 4. The van der Waals surface area contributed by atoms with Gasteiger partial charge in [-0.05, 0) is 24.3 Å². The molecule has 3 aromatic rings. The molecule has 0 atom stereocenters. The fourth-order valence-corrected chi connectivity index (χ4v) is 4.57. The van der Waals surface area contributed by atoms with Crippen molar-refractivity contribution in [3.05, 3.63) is 56.3 Å². The van der Waals surface area contributed by atoms with Gasteiger partial charge >= 0.3 is 0 Å². The Bertz CT molecular complexity index is 925. The van der Waals surface area contributed by atoms with E-state index >= 15 is 0 Å². The molecule has 0 radical (unpaired) electrons. The SMILES string of the molecule is CC(C)(C)c1csc(NC(=O)c2ccc(-c3ccc(Cl)cc3Cl)s2)n1. The highest BCUT2D eigenvalue weighted by atomic mass is 35.5. The first kappa shape index (κ1) is 18.4. The van der Waals surface area contributed by atoms with Crippen molar-refractivity contribution in [2.75, 3.05) is 5.32 Å². The van der Waals surface area contributed by atoms with Gasteiger partial charge in [-0.3, -0.25) is 10.1 Å². The monoisotopic (exact) mass is 410 g/mol. The molecule has 0 saturated heterocycles. The highest BCUT2D eigenvalue weighted by Crippen LogP contribution is 2.35. The number of anilines is 1. The van der Waals surface area contributed by atoms with Gasteiger partial charge < -0.3 is 0 Å². The van der Waals surface area contributed by atoms with E-state index in [1.165, 1.54) is 22.7 Å². The average molecular weight is 411 g/mol. The highest BCUT2D eigenvalue weighted by molar-refractivity contribution is 7.18. The molecule has 3 nitrogen and oxygen atoms in total. The van der Waals surface area contributed by atoms with Gasteiger partial charge in [-0.2, -0.15) is 0 Å². The second kappa shape index (κ2) is 7.08. The minimum atomic E-state index is -0.170. The number of thiophene rings is 1. The number of thiazole rings is 1. The zero-order chi connectivity index (χ0) is 18.2. The number of nitrogens with one attached hydrogen (secondary N) is 1. The molecule has 7 heteroatoms. The van der Waals surface area contributed by atoms with E-state index in [9.17, 15) is 4.79 Å². The number of amides is 1. The van der Waals surface area contributed by atoms with Gasteiger partial charge in [0.25, 0.3) is 5.91 Å². The van der Waals surface area contributed by atoms with E-state index in [1.54, 1.807) is 18.2 Å². The minimum Gasteiger partial charge on any atom is -0.297 e. The molecule has 2 aromatic heterocycles. The minimum absolute atomic E-state index is 0.0408. The lowest BCUT2D eigenvalue weighted by molar-refractivity contribution is 0.103. The molecule has 1 amide bonds. The summed E-state index contributed by atoms with van der Waals surface area (Å²) in [6.07, 6.45) is 0. The van der Waals surface area contributed by atoms with Crippen LogP contribution < -0.4 is 5.32 Å². The van der Waals surface area contributed by atoms with Crippen molar-refractivity contribution >= 4 is 56.9 Å². The predicted octanol–water partition coefficient (Wildman–Crippen LogP) is 6.73. The van der Waals surface area contributed by atoms with Gasteiger partial charge in [0, 0.05) is 26.3 Å². The lowest BCUT2D eigenvalue weighted by Gasteiger charge is -2.14. The molecule has 3 rings (SSSR count). The molecule has 2 heterocycles. The molecule has 25 heavy (non-hydrogen) atoms. The van der Waals surface area contributed by atoms with Crippen molar-refractivity contribution in [3.63, 3.8) is 0 Å². The molecule has 0 bridgehead atoms. The van der Waals surface area contributed by atoms with Crippen LogP contribution in [0.5, 0.6) is 0 Å². The molecule has 130 valence electrons. The summed E-state index contributed by atoms with van der Waals surface area (Å²) in [5.41, 5.74) is 1.79. The molecule has 1 N–H and O–H groups in total. The van der Waals surface area contributed by atoms with Crippen LogP contribution in [0.25, 0.3) is 10.4 Å². The number of carbonyl (C=O) groups excluding carboxylic acids is 1. The summed E-state index contributed by atoms with van der Waals surface area (Å²) in [5.74, 6) is -0.170. The van der Waals surface area contributed by atoms with E-state index in [4.69, 9.17) is 23.2 Å². The largest absolute Gasteiger partial charge is 0.297 e. The van der Waals surface area contributed by atoms with Crippen molar-refractivity contribution in [1.82, 2.24) is 4.98 Å². The Hall–Kier alpha value is -1.40. The van der Waals surface area contributed by atoms with Crippen molar-refractivity contribution in [2.45, 2.75) is 26.2 Å². The molecule has 0 saturated carbocycles. The summed E-state index contributed by atoms with van der Waals surface area (Å²) < 4.78 is 0. The summed E-state index contributed by atoms with van der Waals surface area (Å²) in [6.45, 7) is 6.28. The summed E-state index contributed by atoms with van der Waals surface area (Å²) in [5, 5.41) is 6.60. The van der Waals surface area contributed by atoms with Crippen LogP contribution in [0.3, 0.4) is 0 Å². The maximum absolute atomic E-state index is 12.5. The Morgan fingerprint density at radius 3 is 2.56 bits per heavy atom. The standard InChI is InChI=1S/C18H16Cl2N2OS2/c1-18(2,3)15-9-24-17(21-15)22-16(23)14-7-6-13(25-14)11-5-4-10(19)8-12(11)20/h4-9H,1-3H3,(H,21,22,23). The van der Waals surface area contributed by atoms with Gasteiger partial charge in [-0.25, -0.2) is 4.98 Å². The number of halogens is 2. The summed E-state index contributed by atoms with van der Waals surface area (Å²) in [6, 6.07) is 9.01. The van der Waals surface area contributed by atoms with Crippen LogP contribution >= 0.6 is 45.9 Å². The molecule has 0 fully saturated rings. The first-order chi connectivity index (χ1) is 11.7. The second-order valence-electron chi connectivity index (χ2n) is 6.53. The van der Waals surface area contributed by atoms with Gasteiger partial charge in [-0.15, -0.1) is 22.7 Å². The van der Waals surface area contributed by atoms with E-state index in [0.717, 1.165) is 16.1 Å². The summed E-state index contributed by atoms with van der Waals surface area (Å²) >= 11 is 15.0. The summed E-state index contributed by atoms with van der Waals surface area (Å²) in [7, 11) is 0. The van der Waals surface area contributed by atoms with E-state index in [-0.39, 0.29) is 11.3 Å². The quantitative estimate of drug-likeness (QED) is 0.519. The third-order valence-electron chi connectivity index (χ3n) is 3.52. The maximum Gasteiger partial charge on any atom is 0.267 e. The Balaban J connectivity index is 1.78. The fourth-order valence-electron chi connectivity index (χ4n) is 2.13. The third-order valence-corrected chi connectivity index (χ3v) is 5.94. The fraction of sp³-hybridized carbons (Fsp3) is 0.222. The van der Waals surface area contributed by atoms with Crippen LogP contribution in [0.15, 0.2) is 35.7 Å². The molecule has 0 aliphatic heterocycles. The summed E-state index contributed by atoms with van der Waals surface area (Å²) in [4.78, 5) is 18.5. The average Bonchev–Trinajstić information content (AvgIpc) is 3.15. The van der Waals surface area contributed by atoms with E-state index < -0.39 is 0 Å². The van der Waals surface area contributed by atoms with Gasteiger partial charge in [0.05, 0.1) is 15.6 Å². The van der Waals surface area contributed by atoms with Gasteiger partial charge in [0.15, 0.2) is 5.13 Å². The molecule has 0 aliphatic rings. The zero-order valence-corrected chi connectivity index (χ0v) is 17.0. The van der Waals surface area contributed by atoms with Crippen LogP contribution in [-0.2, 0) is 5.41 Å². The van der Waals surface area contributed by atoms with Crippen LogP contribution in [0.2, 0.25) is 10.0 Å². The Kier molecular flexibility index (Phi) is 5.21. The smallest absolute Gasteiger partial charge is 0.267 e. The van der Waals surface area contributed by atoms with E-state index in [0.29, 0.717) is 20.1 Å². The Morgan fingerprint density at radius 1 is 1.16 bits per heavy atom. The predicted molar refractivity (Wildman–Crippen MR) is 109 cm³/mol. The molecular formula is C18H16Cl2N2OS2. The van der Waals surface area contributed by atoms with Crippen molar-refractivity contribution < 1.29 is 4.79 Å². The number of carbonyl (C=O) groups is 1. The Morgan fingerprint density at radius 2 is 1.92 bits per heavy atom. The number of benzene rings is 1. The molecule has 1 aromatic carbocycles. The lowest BCUT2D eigenvalue weighted by atomic mass is 9.93. The van der Waals surface area contributed by atoms with Crippen LogP contribution in [-0.4, -0.2) is 10.9 Å². The van der Waals surface area contributed by atoms with Crippen LogP contribution in [0.4, 0.5) is 5.13 Å². The third kappa shape index (κ3) is 4.23. The van der Waals surface area contributed by atoms with Crippen molar-refractivity contribution in [3.8, 4) is 10.4 Å². The first-order valence-corrected chi connectivity index (χ1v) is 10.0. The first-order valence-electron chi connectivity index (χ1n) is 7.56. The van der Waals surface area contributed by atoms with Crippen LogP contribution in [0.1, 0.15) is 36.1 Å². The number of nitrogens with zero attached hydrogens (tertiary/aromatic N) is 1. The normalized spacial score (nSPS) is 11.6. The number of aromatic nitrogens is 1. The van der Waals surface area contributed by atoms with Gasteiger partial charge in [-0.1, -0.05) is 50.0 Å². The van der Waals surface area contributed by atoms with Crippen molar-refractivity contribution in [2.24, 2.45) is 0 Å². The molecule has 0 unspecified atom stereocenters.